The predicted octanol–water partition coefficient (Wildman–Crippen LogP) is 4.98. The van der Waals surface area contributed by atoms with Gasteiger partial charge in [0.2, 0.25) is 0 Å². The fraction of sp³-hybridized carbons (Fsp3) is 0.333. The molecule has 0 nitrogen and oxygen atoms in total. The summed E-state index contributed by atoms with van der Waals surface area (Å²) in [6, 6.07) is 0. The van der Waals surface area contributed by atoms with Crippen LogP contribution in [0.3, 0.4) is 0 Å². The molecule has 0 atom stereocenters. The van der Waals surface area contributed by atoms with Gasteiger partial charge in [-0.05, 0) is 13.3 Å². The Morgan fingerprint density at radius 1 is 0.733 bits per heavy atom. The van der Waals surface area contributed by atoms with E-state index in [0.717, 1.165) is 0 Å². The fourth-order valence-corrected chi connectivity index (χ4v) is 0.993. The number of allylic oxidation sites excluding steroid dienone is 10. The molecule has 0 fully saturated rings. The van der Waals surface area contributed by atoms with E-state index in [1.165, 1.54) is 19.3 Å². The van der Waals surface area contributed by atoms with Gasteiger partial charge in [-0.1, -0.05) is 80.5 Å². The lowest BCUT2D eigenvalue weighted by Crippen LogP contribution is -1.64. The van der Waals surface area contributed by atoms with Crippen molar-refractivity contribution in [2.75, 3.05) is 0 Å². The van der Waals surface area contributed by atoms with Gasteiger partial charge in [-0.15, -0.1) is 0 Å². The summed E-state index contributed by atoms with van der Waals surface area (Å²) in [5, 5.41) is 0. The quantitative estimate of drug-likeness (QED) is 0.403. The molecule has 0 bridgehead atoms. The van der Waals surface area contributed by atoms with Crippen molar-refractivity contribution in [3.63, 3.8) is 0 Å². The Bertz CT molecular complexity index is 249. The van der Waals surface area contributed by atoms with Gasteiger partial charge in [-0.3, -0.25) is 0 Å². The first-order chi connectivity index (χ1) is 7.41. The molecule has 0 heteroatoms. The van der Waals surface area contributed by atoms with Gasteiger partial charge in [0.25, 0.3) is 0 Å². The highest BCUT2D eigenvalue weighted by Gasteiger charge is 1.74. The second kappa shape index (κ2) is 12.7. The molecular formula is C15H22. The van der Waals surface area contributed by atoms with E-state index < -0.39 is 0 Å². The maximum atomic E-state index is 2.21. The van der Waals surface area contributed by atoms with Gasteiger partial charge in [0.05, 0.1) is 0 Å². The molecule has 0 amide bonds. The molecule has 0 unspecified atom stereocenters. The molecule has 0 aromatic rings. The molecule has 0 aliphatic rings. The first-order valence-electron chi connectivity index (χ1n) is 5.69. The maximum absolute atomic E-state index is 2.21. The van der Waals surface area contributed by atoms with Crippen LogP contribution in [-0.2, 0) is 0 Å². The summed E-state index contributed by atoms with van der Waals surface area (Å²) >= 11 is 0. The van der Waals surface area contributed by atoms with Crippen LogP contribution in [0.25, 0.3) is 0 Å². The van der Waals surface area contributed by atoms with E-state index in [4.69, 9.17) is 0 Å². The lowest BCUT2D eigenvalue weighted by atomic mass is 10.2. The topological polar surface area (TPSA) is 0 Å². The predicted molar refractivity (Wildman–Crippen MR) is 70.9 cm³/mol. The zero-order chi connectivity index (χ0) is 11.2. The third kappa shape index (κ3) is 12.7. The van der Waals surface area contributed by atoms with Gasteiger partial charge in [0.1, 0.15) is 0 Å². The Hall–Kier alpha value is -1.30. The number of hydrogen-bond acceptors (Lipinski definition) is 0. The molecule has 0 radical (unpaired) electrons. The Morgan fingerprint density at radius 3 is 1.80 bits per heavy atom. The zero-order valence-electron chi connectivity index (χ0n) is 9.89. The fourth-order valence-electron chi connectivity index (χ4n) is 0.993. The van der Waals surface area contributed by atoms with E-state index >= 15 is 0 Å². The van der Waals surface area contributed by atoms with Gasteiger partial charge in [-0.25, -0.2) is 0 Å². The largest absolute Gasteiger partial charge is 0.0877 e. The Balaban J connectivity index is 3.56. The van der Waals surface area contributed by atoms with Gasteiger partial charge in [0.15, 0.2) is 0 Å². The summed E-state index contributed by atoms with van der Waals surface area (Å²) in [5.74, 6) is 0. The third-order valence-electron chi connectivity index (χ3n) is 1.83. The van der Waals surface area contributed by atoms with E-state index in [9.17, 15) is 0 Å². The van der Waals surface area contributed by atoms with Crippen molar-refractivity contribution in [3.8, 4) is 0 Å². The molecule has 0 rings (SSSR count). The molecule has 0 saturated carbocycles. The maximum Gasteiger partial charge on any atom is -0.0348 e. The molecule has 0 aliphatic heterocycles. The summed E-state index contributed by atoms with van der Waals surface area (Å²) < 4.78 is 0. The van der Waals surface area contributed by atoms with Gasteiger partial charge in [0, 0.05) is 0 Å². The van der Waals surface area contributed by atoms with Crippen molar-refractivity contribution in [1.29, 1.82) is 0 Å². The van der Waals surface area contributed by atoms with Gasteiger partial charge in [-0.2, -0.15) is 0 Å². The molecule has 0 N–H and O–H groups in total. The second-order valence-corrected chi connectivity index (χ2v) is 3.25. The summed E-state index contributed by atoms with van der Waals surface area (Å²) in [7, 11) is 0. The highest BCUT2D eigenvalue weighted by atomic mass is 13.8. The van der Waals surface area contributed by atoms with E-state index in [-0.39, 0.29) is 0 Å². The van der Waals surface area contributed by atoms with Crippen molar-refractivity contribution in [1.82, 2.24) is 0 Å². The summed E-state index contributed by atoms with van der Waals surface area (Å²) in [6.45, 7) is 4.22. The third-order valence-corrected chi connectivity index (χ3v) is 1.83. The van der Waals surface area contributed by atoms with E-state index in [0.29, 0.717) is 0 Å². The van der Waals surface area contributed by atoms with Crippen molar-refractivity contribution in [2.24, 2.45) is 0 Å². The van der Waals surface area contributed by atoms with E-state index in [1.807, 2.05) is 49.5 Å². The molecule has 0 saturated heterocycles. The lowest BCUT2D eigenvalue weighted by Gasteiger charge is -1.84. The molecule has 0 spiro atoms. The molecule has 82 valence electrons. The lowest BCUT2D eigenvalue weighted by molar-refractivity contribution is 0.815. The molecule has 0 heterocycles. The standard InChI is InChI=1S/C15H22/c1-3-5-7-9-11-13-15-14-12-10-8-6-4-2/h3,5,7,9-15H,4,6,8H2,1-2H3. The smallest absolute Gasteiger partial charge is 0.0348 e. The summed E-state index contributed by atoms with van der Waals surface area (Å²) in [4.78, 5) is 0. The summed E-state index contributed by atoms with van der Waals surface area (Å²) in [6.07, 6.45) is 24.3. The van der Waals surface area contributed by atoms with Crippen LogP contribution in [0.2, 0.25) is 0 Å². The highest BCUT2D eigenvalue weighted by Crippen LogP contribution is 1.94. The average Bonchev–Trinajstić information content (AvgIpc) is 2.26. The highest BCUT2D eigenvalue weighted by molar-refractivity contribution is 5.17. The van der Waals surface area contributed by atoms with Gasteiger partial charge < -0.3 is 0 Å². The van der Waals surface area contributed by atoms with Gasteiger partial charge >= 0.3 is 0 Å². The van der Waals surface area contributed by atoms with Crippen molar-refractivity contribution in [3.05, 3.63) is 60.8 Å². The minimum Gasteiger partial charge on any atom is -0.0877 e. The summed E-state index contributed by atoms with van der Waals surface area (Å²) in [5.41, 5.74) is 0. The van der Waals surface area contributed by atoms with E-state index in [2.05, 4.69) is 25.2 Å². The van der Waals surface area contributed by atoms with Crippen LogP contribution in [0.15, 0.2) is 60.8 Å². The Morgan fingerprint density at radius 2 is 1.27 bits per heavy atom. The van der Waals surface area contributed by atoms with Crippen LogP contribution in [-0.4, -0.2) is 0 Å². The minimum absolute atomic E-state index is 1.19. The number of rotatable bonds is 7. The Labute approximate surface area is 94.4 Å². The number of unbranched alkanes of at least 4 members (excludes halogenated alkanes) is 2. The van der Waals surface area contributed by atoms with Crippen molar-refractivity contribution in [2.45, 2.75) is 33.1 Å². The Kier molecular flexibility index (Phi) is 11.6. The second-order valence-electron chi connectivity index (χ2n) is 3.25. The monoisotopic (exact) mass is 202 g/mol. The zero-order valence-corrected chi connectivity index (χ0v) is 9.89. The van der Waals surface area contributed by atoms with Crippen LogP contribution >= 0.6 is 0 Å². The molecule has 0 aliphatic carbocycles. The van der Waals surface area contributed by atoms with E-state index in [1.54, 1.807) is 0 Å². The minimum atomic E-state index is 1.19. The van der Waals surface area contributed by atoms with Crippen LogP contribution < -0.4 is 0 Å². The van der Waals surface area contributed by atoms with Crippen LogP contribution in [0.5, 0.6) is 0 Å². The van der Waals surface area contributed by atoms with Crippen molar-refractivity contribution >= 4 is 0 Å². The normalized spacial score (nSPS) is 13.5. The molecule has 0 aromatic carbocycles. The first kappa shape index (κ1) is 13.7. The number of hydrogen-bond donors (Lipinski definition) is 0. The van der Waals surface area contributed by atoms with Crippen molar-refractivity contribution < 1.29 is 0 Å². The van der Waals surface area contributed by atoms with Crippen LogP contribution in [0, 0.1) is 0 Å². The van der Waals surface area contributed by atoms with Crippen LogP contribution in [0.4, 0.5) is 0 Å². The molecule has 15 heavy (non-hydrogen) atoms. The SMILES string of the molecule is CC=CC=CC=CC=CC=CCCCC. The average molecular weight is 202 g/mol. The molecular weight excluding hydrogens is 180 g/mol. The molecule has 0 aromatic heterocycles. The first-order valence-corrected chi connectivity index (χ1v) is 5.69. The van der Waals surface area contributed by atoms with Crippen LogP contribution in [0.1, 0.15) is 33.1 Å².